The van der Waals surface area contributed by atoms with Gasteiger partial charge in [-0.05, 0) is 130 Å². The van der Waals surface area contributed by atoms with E-state index in [0.29, 0.717) is 0 Å². The van der Waals surface area contributed by atoms with Gasteiger partial charge in [0.1, 0.15) is 0 Å². The van der Waals surface area contributed by atoms with Crippen molar-refractivity contribution in [2.45, 2.75) is 19.3 Å². The second kappa shape index (κ2) is 13.5. The Morgan fingerprint density at radius 2 is 0.759 bits per heavy atom. The molecule has 0 N–H and O–H groups in total. The zero-order chi connectivity index (χ0) is 38.8. The second-order valence-corrected chi connectivity index (χ2v) is 16.1. The summed E-state index contributed by atoms with van der Waals surface area (Å²) in [5.41, 5.74) is 16.3. The van der Waals surface area contributed by atoms with E-state index in [-0.39, 0.29) is 5.41 Å². The van der Waals surface area contributed by atoms with Crippen LogP contribution in [0.25, 0.3) is 76.8 Å². The molecule has 0 saturated carbocycles. The van der Waals surface area contributed by atoms with Gasteiger partial charge in [0.2, 0.25) is 0 Å². The van der Waals surface area contributed by atoms with E-state index < -0.39 is 0 Å². The Balaban J connectivity index is 1.01. The zero-order valence-electron chi connectivity index (χ0n) is 32.7. The van der Waals surface area contributed by atoms with E-state index in [1.54, 1.807) is 0 Å². The highest BCUT2D eigenvalue weighted by atomic mass is 15.1. The molecule has 0 amide bonds. The monoisotopic (exact) mass is 739 g/mol. The van der Waals surface area contributed by atoms with Crippen molar-refractivity contribution in [3.05, 3.63) is 223 Å². The highest BCUT2D eigenvalue weighted by Crippen LogP contribution is 2.52. The van der Waals surface area contributed by atoms with Gasteiger partial charge in [-0.2, -0.15) is 0 Å². The summed E-state index contributed by atoms with van der Waals surface area (Å²) in [6, 6.07) is 78.1. The fourth-order valence-corrected chi connectivity index (χ4v) is 9.52. The van der Waals surface area contributed by atoms with Crippen LogP contribution in [0.15, 0.2) is 212 Å². The first-order valence-electron chi connectivity index (χ1n) is 20.3. The summed E-state index contributed by atoms with van der Waals surface area (Å²) in [5, 5.41) is 7.46. The van der Waals surface area contributed by atoms with Crippen LogP contribution in [0.1, 0.15) is 25.0 Å². The molecule has 10 aromatic rings. The molecule has 1 aliphatic rings. The van der Waals surface area contributed by atoms with E-state index in [1.807, 2.05) is 0 Å². The lowest BCUT2D eigenvalue weighted by Gasteiger charge is -2.26. The van der Waals surface area contributed by atoms with Crippen LogP contribution in [0.4, 0.5) is 17.1 Å². The van der Waals surface area contributed by atoms with Crippen molar-refractivity contribution in [1.29, 1.82) is 0 Å². The molecular weight excluding hydrogens is 699 g/mol. The molecule has 58 heavy (non-hydrogen) atoms. The van der Waals surface area contributed by atoms with E-state index in [9.17, 15) is 0 Å². The Labute approximate surface area is 340 Å². The Hall–Kier alpha value is -7.22. The number of anilines is 3. The Bertz CT molecular complexity index is 3050. The SMILES string of the molecule is CC1(C)c2ccccc2-c2c(-c3ccc4cc(N(c5ccc(-c6cccc7ccccc67)cc5)c5ccc(-c6cccc7ccccc67)cc5)ccc4c3)cccc21. The van der Waals surface area contributed by atoms with Gasteiger partial charge in [0.25, 0.3) is 0 Å². The van der Waals surface area contributed by atoms with Crippen molar-refractivity contribution in [2.75, 3.05) is 4.90 Å². The molecule has 0 saturated heterocycles. The van der Waals surface area contributed by atoms with Crippen molar-refractivity contribution < 1.29 is 0 Å². The van der Waals surface area contributed by atoms with Crippen molar-refractivity contribution in [2.24, 2.45) is 0 Å². The maximum absolute atomic E-state index is 2.39. The minimum Gasteiger partial charge on any atom is -0.310 e. The quantitative estimate of drug-likeness (QED) is 0.164. The summed E-state index contributed by atoms with van der Waals surface area (Å²) in [5.74, 6) is 0. The molecule has 0 bridgehead atoms. The maximum atomic E-state index is 2.39. The molecule has 0 atom stereocenters. The molecule has 1 aliphatic carbocycles. The van der Waals surface area contributed by atoms with Gasteiger partial charge in [-0.15, -0.1) is 0 Å². The predicted molar refractivity (Wildman–Crippen MR) is 248 cm³/mol. The summed E-state index contributed by atoms with van der Waals surface area (Å²) in [7, 11) is 0. The summed E-state index contributed by atoms with van der Waals surface area (Å²) in [6.45, 7) is 4.70. The molecule has 0 spiro atoms. The summed E-state index contributed by atoms with van der Waals surface area (Å²) in [6.07, 6.45) is 0. The van der Waals surface area contributed by atoms with Crippen molar-refractivity contribution in [1.82, 2.24) is 0 Å². The second-order valence-electron chi connectivity index (χ2n) is 16.1. The number of nitrogens with zero attached hydrogens (tertiary/aromatic N) is 1. The maximum Gasteiger partial charge on any atom is 0.0468 e. The molecule has 0 aliphatic heterocycles. The fourth-order valence-electron chi connectivity index (χ4n) is 9.52. The van der Waals surface area contributed by atoms with Crippen LogP contribution >= 0.6 is 0 Å². The minimum absolute atomic E-state index is 0.0304. The van der Waals surface area contributed by atoms with Crippen molar-refractivity contribution >= 4 is 49.4 Å². The van der Waals surface area contributed by atoms with Gasteiger partial charge in [-0.1, -0.05) is 184 Å². The van der Waals surface area contributed by atoms with Crippen LogP contribution in [0.3, 0.4) is 0 Å². The average Bonchev–Trinajstić information content (AvgIpc) is 3.52. The topological polar surface area (TPSA) is 3.24 Å². The lowest BCUT2D eigenvalue weighted by molar-refractivity contribution is 0.660. The van der Waals surface area contributed by atoms with Crippen LogP contribution < -0.4 is 4.90 Å². The van der Waals surface area contributed by atoms with E-state index in [1.165, 1.54) is 88.0 Å². The summed E-state index contributed by atoms with van der Waals surface area (Å²) >= 11 is 0. The van der Waals surface area contributed by atoms with E-state index >= 15 is 0 Å². The van der Waals surface area contributed by atoms with Crippen LogP contribution in [-0.2, 0) is 5.41 Å². The third-order valence-electron chi connectivity index (χ3n) is 12.5. The molecule has 0 aromatic heterocycles. The number of hydrogen-bond acceptors (Lipinski definition) is 1. The normalized spacial score (nSPS) is 12.8. The fraction of sp³-hybridized carbons (Fsp3) is 0.0526. The molecule has 274 valence electrons. The molecule has 0 heterocycles. The summed E-state index contributed by atoms with van der Waals surface area (Å²) in [4.78, 5) is 2.39. The van der Waals surface area contributed by atoms with Gasteiger partial charge in [-0.25, -0.2) is 0 Å². The zero-order valence-corrected chi connectivity index (χ0v) is 32.7. The van der Waals surface area contributed by atoms with Crippen molar-refractivity contribution in [3.8, 4) is 44.5 Å². The van der Waals surface area contributed by atoms with Gasteiger partial charge in [0.15, 0.2) is 0 Å². The van der Waals surface area contributed by atoms with E-state index in [2.05, 4.69) is 231 Å². The standard InChI is InChI=1S/C57H41N/c1-57(2)54-22-8-7-18-53(54)56-52(21-11-23-55(56)57)44-25-24-43-37-47(35-30-42(43)36-44)58(45-31-26-40(27-32-45)50-19-9-14-38-12-3-5-16-48(38)50)46-33-28-41(29-34-46)51-20-10-15-39-13-4-6-17-49(39)51/h3-37H,1-2H3. The van der Waals surface area contributed by atoms with Gasteiger partial charge in [0.05, 0.1) is 0 Å². The van der Waals surface area contributed by atoms with Gasteiger partial charge in [-0.3, -0.25) is 0 Å². The molecule has 1 heteroatoms. The van der Waals surface area contributed by atoms with Crippen LogP contribution in [-0.4, -0.2) is 0 Å². The molecule has 0 fully saturated rings. The Kier molecular flexibility index (Phi) is 7.91. The molecular formula is C57H41N. The third kappa shape index (κ3) is 5.54. The molecule has 1 nitrogen and oxygen atoms in total. The van der Waals surface area contributed by atoms with Crippen LogP contribution in [0.2, 0.25) is 0 Å². The van der Waals surface area contributed by atoms with Gasteiger partial charge < -0.3 is 4.90 Å². The number of rotatable bonds is 6. The largest absolute Gasteiger partial charge is 0.310 e. The predicted octanol–water partition coefficient (Wildman–Crippen LogP) is 15.9. The third-order valence-corrected chi connectivity index (χ3v) is 12.5. The van der Waals surface area contributed by atoms with E-state index in [0.717, 1.165) is 17.1 Å². The van der Waals surface area contributed by atoms with E-state index in [4.69, 9.17) is 0 Å². The minimum atomic E-state index is -0.0304. The molecule has 0 radical (unpaired) electrons. The molecule has 10 aromatic carbocycles. The highest BCUT2D eigenvalue weighted by Gasteiger charge is 2.36. The highest BCUT2D eigenvalue weighted by molar-refractivity contribution is 6.00. The first kappa shape index (κ1) is 34.1. The van der Waals surface area contributed by atoms with Crippen LogP contribution in [0.5, 0.6) is 0 Å². The molecule has 11 rings (SSSR count). The Morgan fingerprint density at radius 1 is 0.310 bits per heavy atom. The number of fused-ring (bicyclic) bond motifs is 6. The first-order chi connectivity index (χ1) is 28.5. The van der Waals surface area contributed by atoms with Crippen molar-refractivity contribution in [3.63, 3.8) is 0 Å². The number of benzene rings is 10. The Morgan fingerprint density at radius 3 is 1.41 bits per heavy atom. The average molecular weight is 740 g/mol. The molecule has 0 unspecified atom stereocenters. The lowest BCUT2D eigenvalue weighted by Crippen LogP contribution is -2.14. The van der Waals surface area contributed by atoms with Gasteiger partial charge in [0, 0.05) is 22.5 Å². The lowest BCUT2D eigenvalue weighted by atomic mass is 9.82. The number of hydrogen-bond donors (Lipinski definition) is 0. The first-order valence-corrected chi connectivity index (χ1v) is 20.3. The summed E-state index contributed by atoms with van der Waals surface area (Å²) < 4.78 is 0. The van der Waals surface area contributed by atoms with Gasteiger partial charge >= 0.3 is 0 Å². The smallest absolute Gasteiger partial charge is 0.0468 e. The van der Waals surface area contributed by atoms with Crippen LogP contribution in [0, 0.1) is 0 Å².